The maximum absolute atomic E-state index is 12.5. The molecule has 3 rings (SSSR count). The van der Waals surface area contributed by atoms with Crippen LogP contribution in [0.1, 0.15) is 17.3 Å². The summed E-state index contributed by atoms with van der Waals surface area (Å²) in [6.07, 6.45) is 0. The molecule has 0 bridgehead atoms. The number of nitro groups is 1. The van der Waals surface area contributed by atoms with E-state index in [1.807, 2.05) is 0 Å². The first-order valence-corrected chi connectivity index (χ1v) is 10.4. The third-order valence-electron chi connectivity index (χ3n) is 4.08. The van der Waals surface area contributed by atoms with Crippen molar-refractivity contribution in [2.75, 3.05) is 18.9 Å². The van der Waals surface area contributed by atoms with Gasteiger partial charge in [0.2, 0.25) is 10.0 Å². The molecule has 11 heteroatoms. The number of fused-ring (bicyclic) bond motifs is 1. The molecule has 146 valence electrons. The van der Waals surface area contributed by atoms with Gasteiger partial charge in [-0.15, -0.1) is 0 Å². The Labute approximate surface area is 164 Å². The van der Waals surface area contributed by atoms with Crippen LogP contribution in [0.5, 0.6) is 0 Å². The van der Waals surface area contributed by atoms with Crippen molar-refractivity contribution in [3.05, 3.63) is 58.1 Å². The normalized spacial score (nSPS) is 11.7. The van der Waals surface area contributed by atoms with Gasteiger partial charge in [-0.25, -0.2) is 17.7 Å². The number of rotatable bonds is 6. The lowest BCUT2D eigenvalue weighted by Gasteiger charge is -2.14. The first kappa shape index (κ1) is 19.9. The maximum atomic E-state index is 12.5. The number of hydrogen-bond donors (Lipinski definition) is 1. The topological polar surface area (TPSA) is 123 Å². The smallest absolute Gasteiger partial charge is 0.282 e. The number of carbonyl (C=O) groups is 1. The molecule has 1 aromatic heterocycles. The summed E-state index contributed by atoms with van der Waals surface area (Å²) in [6, 6.07) is 10.1. The van der Waals surface area contributed by atoms with Crippen molar-refractivity contribution in [2.45, 2.75) is 11.8 Å². The fraction of sp³-hybridized carbons (Fsp3) is 0.176. The molecule has 0 aliphatic rings. The largest absolute Gasteiger partial charge is 0.298 e. The second-order valence-corrected chi connectivity index (χ2v) is 8.87. The molecule has 2 aromatic carbocycles. The van der Waals surface area contributed by atoms with Gasteiger partial charge >= 0.3 is 0 Å². The lowest BCUT2D eigenvalue weighted by molar-refractivity contribution is -0.385. The van der Waals surface area contributed by atoms with Crippen LogP contribution in [0.3, 0.4) is 0 Å². The van der Waals surface area contributed by atoms with E-state index in [1.54, 1.807) is 13.0 Å². The molecule has 0 spiro atoms. The standard InChI is InChI=1S/C17H16N4O5S2/c1-3-20(2)28(25,26)11-8-9-13-15(10-11)27-17(18-13)19-16(22)12-6-4-5-7-14(12)21(23)24/h4-10H,3H2,1-2H3,(H,18,19,22). The molecular weight excluding hydrogens is 404 g/mol. The second kappa shape index (κ2) is 7.62. The number of anilines is 1. The van der Waals surface area contributed by atoms with Crippen molar-refractivity contribution in [3.63, 3.8) is 0 Å². The molecule has 1 N–H and O–H groups in total. The Bertz CT molecular complexity index is 1170. The highest BCUT2D eigenvalue weighted by atomic mass is 32.2. The van der Waals surface area contributed by atoms with Crippen LogP contribution in [0.4, 0.5) is 10.8 Å². The maximum Gasteiger partial charge on any atom is 0.282 e. The van der Waals surface area contributed by atoms with Gasteiger partial charge in [-0.2, -0.15) is 0 Å². The van der Waals surface area contributed by atoms with Crippen LogP contribution in [-0.4, -0.2) is 42.1 Å². The van der Waals surface area contributed by atoms with Crippen LogP contribution < -0.4 is 5.32 Å². The van der Waals surface area contributed by atoms with E-state index in [2.05, 4.69) is 10.3 Å². The lowest BCUT2D eigenvalue weighted by atomic mass is 10.1. The van der Waals surface area contributed by atoms with E-state index in [-0.39, 0.29) is 21.3 Å². The highest BCUT2D eigenvalue weighted by molar-refractivity contribution is 7.89. The van der Waals surface area contributed by atoms with E-state index < -0.39 is 20.9 Å². The molecular formula is C17H16N4O5S2. The van der Waals surface area contributed by atoms with Crippen molar-refractivity contribution in [2.24, 2.45) is 0 Å². The molecule has 1 amide bonds. The number of nitrogens with one attached hydrogen (secondary N) is 1. The first-order chi connectivity index (χ1) is 13.2. The third kappa shape index (κ3) is 3.72. The number of hydrogen-bond acceptors (Lipinski definition) is 7. The minimum absolute atomic E-state index is 0.0837. The van der Waals surface area contributed by atoms with E-state index in [1.165, 1.54) is 47.8 Å². The van der Waals surface area contributed by atoms with Crippen molar-refractivity contribution in [1.29, 1.82) is 0 Å². The molecule has 9 nitrogen and oxygen atoms in total. The first-order valence-electron chi connectivity index (χ1n) is 8.15. The van der Waals surface area contributed by atoms with Gasteiger partial charge in [-0.1, -0.05) is 30.4 Å². The second-order valence-electron chi connectivity index (χ2n) is 5.80. The predicted octanol–water partition coefficient (Wildman–Crippen LogP) is 3.10. The van der Waals surface area contributed by atoms with Gasteiger partial charge in [0.05, 0.1) is 20.0 Å². The Morgan fingerprint density at radius 1 is 1.29 bits per heavy atom. The average molecular weight is 420 g/mol. The van der Waals surface area contributed by atoms with Crippen LogP contribution in [0.15, 0.2) is 47.4 Å². The molecule has 0 saturated carbocycles. The quantitative estimate of drug-likeness (QED) is 0.483. The number of nitrogens with zero attached hydrogens (tertiary/aromatic N) is 3. The Morgan fingerprint density at radius 3 is 2.68 bits per heavy atom. The summed E-state index contributed by atoms with van der Waals surface area (Å²) < 4.78 is 26.7. The number of nitro benzene ring substituents is 1. The molecule has 0 saturated heterocycles. The Hall–Kier alpha value is -2.89. The molecule has 0 atom stereocenters. The van der Waals surface area contributed by atoms with Gasteiger partial charge in [0.15, 0.2) is 5.13 Å². The molecule has 0 fully saturated rings. The van der Waals surface area contributed by atoms with Gasteiger partial charge in [0, 0.05) is 19.7 Å². The summed E-state index contributed by atoms with van der Waals surface area (Å²) in [6.45, 7) is 2.07. The minimum atomic E-state index is -3.60. The molecule has 0 aliphatic carbocycles. The summed E-state index contributed by atoms with van der Waals surface area (Å²) in [4.78, 5) is 27.2. The summed E-state index contributed by atoms with van der Waals surface area (Å²) in [5.74, 6) is -0.662. The summed E-state index contributed by atoms with van der Waals surface area (Å²) in [7, 11) is -2.11. The predicted molar refractivity (Wildman–Crippen MR) is 106 cm³/mol. The molecule has 0 unspecified atom stereocenters. The number of amides is 1. The number of sulfonamides is 1. The molecule has 0 aliphatic heterocycles. The summed E-state index contributed by atoms with van der Waals surface area (Å²) >= 11 is 1.09. The fourth-order valence-electron chi connectivity index (χ4n) is 2.46. The number of para-hydroxylation sites is 1. The van der Waals surface area contributed by atoms with E-state index in [4.69, 9.17) is 0 Å². The third-order valence-corrected chi connectivity index (χ3v) is 6.94. The van der Waals surface area contributed by atoms with Crippen molar-refractivity contribution >= 4 is 48.3 Å². The van der Waals surface area contributed by atoms with E-state index in [9.17, 15) is 23.3 Å². The van der Waals surface area contributed by atoms with Crippen LogP contribution in [-0.2, 0) is 10.0 Å². The molecule has 1 heterocycles. The number of carbonyl (C=O) groups excluding carboxylic acids is 1. The highest BCUT2D eigenvalue weighted by Crippen LogP contribution is 2.30. The lowest BCUT2D eigenvalue weighted by Crippen LogP contribution is -2.26. The van der Waals surface area contributed by atoms with Gasteiger partial charge in [-0.05, 0) is 24.3 Å². The number of aromatic nitrogens is 1. The zero-order chi connectivity index (χ0) is 20.5. The van der Waals surface area contributed by atoms with E-state index in [0.717, 1.165) is 11.3 Å². The van der Waals surface area contributed by atoms with Crippen molar-refractivity contribution in [3.8, 4) is 0 Å². The van der Waals surface area contributed by atoms with E-state index in [0.29, 0.717) is 16.8 Å². The van der Waals surface area contributed by atoms with Crippen molar-refractivity contribution in [1.82, 2.24) is 9.29 Å². The number of benzene rings is 2. The average Bonchev–Trinajstić information content (AvgIpc) is 3.08. The summed E-state index contributed by atoms with van der Waals surface area (Å²) in [5, 5.41) is 13.8. The van der Waals surface area contributed by atoms with Gasteiger partial charge in [-0.3, -0.25) is 20.2 Å². The van der Waals surface area contributed by atoms with Crippen LogP contribution in [0, 0.1) is 10.1 Å². The van der Waals surface area contributed by atoms with E-state index >= 15 is 0 Å². The number of thiazole rings is 1. The zero-order valence-corrected chi connectivity index (χ0v) is 16.6. The molecule has 28 heavy (non-hydrogen) atoms. The Morgan fingerprint density at radius 2 is 2.00 bits per heavy atom. The van der Waals surface area contributed by atoms with Crippen LogP contribution in [0.25, 0.3) is 10.2 Å². The molecule has 3 aromatic rings. The van der Waals surface area contributed by atoms with Gasteiger partial charge < -0.3 is 0 Å². The van der Waals surface area contributed by atoms with Gasteiger partial charge in [0.25, 0.3) is 11.6 Å². The van der Waals surface area contributed by atoms with Crippen molar-refractivity contribution < 1.29 is 18.1 Å². The highest BCUT2D eigenvalue weighted by Gasteiger charge is 2.22. The van der Waals surface area contributed by atoms with Gasteiger partial charge in [0.1, 0.15) is 5.56 Å². The minimum Gasteiger partial charge on any atom is -0.298 e. The zero-order valence-electron chi connectivity index (χ0n) is 14.9. The fourth-order valence-corrected chi connectivity index (χ4v) is 4.64. The Balaban J connectivity index is 1.92. The molecule has 0 radical (unpaired) electrons. The Kier molecular flexibility index (Phi) is 5.40. The van der Waals surface area contributed by atoms with Crippen LogP contribution >= 0.6 is 11.3 Å². The summed E-state index contributed by atoms with van der Waals surface area (Å²) in [5.41, 5.74) is 0.123. The SMILES string of the molecule is CCN(C)S(=O)(=O)c1ccc2nc(NC(=O)c3ccccc3[N+](=O)[O-])sc2c1. The monoisotopic (exact) mass is 420 g/mol. The van der Waals surface area contributed by atoms with Crippen LogP contribution in [0.2, 0.25) is 0 Å².